The number of halogens is 2. The predicted octanol–water partition coefficient (Wildman–Crippen LogP) is 4.79. The first-order valence-corrected chi connectivity index (χ1v) is 8.86. The minimum absolute atomic E-state index is 0.112. The van der Waals surface area contributed by atoms with Gasteiger partial charge in [-0.2, -0.15) is 4.98 Å². The highest BCUT2D eigenvalue weighted by Gasteiger charge is 2.27. The molecule has 3 rings (SSSR count). The quantitative estimate of drug-likeness (QED) is 0.667. The standard InChI is InChI=1S/C16H11Cl2NO3S/c1-10-2-8-13(9-3-10)23(20,21)16-14(18)22-15(19-16)11-4-6-12(17)7-5-11/h2-9H,1H3. The summed E-state index contributed by atoms with van der Waals surface area (Å²) in [6, 6.07) is 13.1. The van der Waals surface area contributed by atoms with Gasteiger partial charge in [-0.25, -0.2) is 8.42 Å². The van der Waals surface area contributed by atoms with Gasteiger partial charge in [0.1, 0.15) is 0 Å². The Bertz CT molecular complexity index is 946. The van der Waals surface area contributed by atoms with Gasteiger partial charge in [-0.3, -0.25) is 0 Å². The molecule has 0 saturated heterocycles. The number of sulfone groups is 1. The minimum Gasteiger partial charge on any atom is -0.423 e. The SMILES string of the molecule is Cc1ccc(S(=O)(=O)c2nc(-c3ccc(Cl)cc3)oc2Cl)cc1. The van der Waals surface area contributed by atoms with Gasteiger partial charge in [0.2, 0.25) is 26.0 Å². The van der Waals surface area contributed by atoms with E-state index in [0.717, 1.165) is 5.56 Å². The molecule has 0 atom stereocenters. The third-order valence-corrected chi connectivity index (χ3v) is 5.53. The summed E-state index contributed by atoms with van der Waals surface area (Å²) in [5, 5.41) is -0.0117. The molecule has 0 fully saturated rings. The molecule has 23 heavy (non-hydrogen) atoms. The molecule has 3 aromatic rings. The van der Waals surface area contributed by atoms with Gasteiger partial charge in [-0.15, -0.1) is 0 Å². The van der Waals surface area contributed by atoms with E-state index in [-0.39, 0.29) is 21.0 Å². The highest BCUT2D eigenvalue weighted by molar-refractivity contribution is 7.91. The van der Waals surface area contributed by atoms with Crippen LogP contribution in [0.3, 0.4) is 0 Å². The fourth-order valence-electron chi connectivity index (χ4n) is 2.00. The maximum atomic E-state index is 12.6. The van der Waals surface area contributed by atoms with Crippen LogP contribution >= 0.6 is 23.2 Å². The zero-order valence-corrected chi connectivity index (χ0v) is 14.3. The van der Waals surface area contributed by atoms with Crippen LogP contribution in [-0.2, 0) is 9.84 Å². The highest BCUT2D eigenvalue weighted by Crippen LogP contribution is 2.32. The molecule has 1 heterocycles. The lowest BCUT2D eigenvalue weighted by molar-refractivity contribution is 0.568. The second-order valence-electron chi connectivity index (χ2n) is 4.92. The Morgan fingerprint density at radius 1 is 0.957 bits per heavy atom. The number of benzene rings is 2. The van der Waals surface area contributed by atoms with E-state index in [1.807, 2.05) is 6.92 Å². The van der Waals surface area contributed by atoms with E-state index in [2.05, 4.69) is 4.98 Å². The van der Waals surface area contributed by atoms with Crippen molar-refractivity contribution in [1.29, 1.82) is 0 Å². The Morgan fingerprint density at radius 3 is 2.17 bits per heavy atom. The van der Waals surface area contributed by atoms with Gasteiger partial charge < -0.3 is 4.42 Å². The Labute approximate surface area is 143 Å². The molecule has 118 valence electrons. The van der Waals surface area contributed by atoms with Crippen LogP contribution < -0.4 is 0 Å². The van der Waals surface area contributed by atoms with Crippen molar-refractivity contribution in [3.63, 3.8) is 0 Å². The third kappa shape index (κ3) is 3.13. The first-order valence-electron chi connectivity index (χ1n) is 6.62. The van der Waals surface area contributed by atoms with Crippen molar-refractivity contribution in [2.24, 2.45) is 0 Å². The molecule has 0 unspecified atom stereocenters. The highest BCUT2D eigenvalue weighted by atomic mass is 35.5. The van der Waals surface area contributed by atoms with Gasteiger partial charge in [0.15, 0.2) is 0 Å². The Kier molecular flexibility index (Phi) is 4.19. The summed E-state index contributed by atoms with van der Waals surface area (Å²) in [4.78, 5) is 4.16. The van der Waals surface area contributed by atoms with Crippen molar-refractivity contribution in [2.75, 3.05) is 0 Å². The number of oxazole rings is 1. The summed E-state index contributed by atoms with van der Waals surface area (Å²) in [6.07, 6.45) is 0. The van der Waals surface area contributed by atoms with Gasteiger partial charge in [-0.05, 0) is 54.9 Å². The third-order valence-electron chi connectivity index (χ3n) is 3.23. The van der Waals surface area contributed by atoms with E-state index in [9.17, 15) is 8.42 Å². The van der Waals surface area contributed by atoms with Crippen LogP contribution in [0, 0.1) is 6.92 Å². The lowest BCUT2D eigenvalue weighted by atomic mass is 10.2. The number of aryl methyl sites for hydroxylation is 1. The smallest absolute Gasteiger partial charge is 0.233 e. The maximum absolute atomic E-state index is 12.6. The van der Waals surface area contributed by atoms with Crippen molar-refractivity contribution in [1.82, 2.24) is 4.98 Å². The number of hydrogen-bond donors (Lipinski definition) is 0. The first kappa shape index (κ1) is 16.1. The van der Waals surface area contributed by atoms with Gasteiger partial charge in [0.25, 0.3) is 0 Å². The fourth-order valence-corrected chi connectivity index (χ4v) is 3.72. The Hall–Kier alpha value is -1.82. The average Bonchev–Trinajstić information content (AvgIpc) is 2.91. The molecular formula is C16H11Cl2NO3S. The lowest BCUT2D eigenvalue weighted by Gasteiger charge is -2.01. The van der Waals surface area contributed by atoms with E-state index in [1.165, 1.54) is 12.1 Å². The fraction of sp³-hybridized carbons (Fsp3) is 0.0625. The van der Waals surface area contributed by atoms with E-state index in [4.69, 9.17) is 27.6 Å². The second-order valence-corrected chi connectivity index (χ2v) is 7.57. The van der Waals surface area contributed by atoms with Crippen molar-refractivity contribution < 1.29 is 12.8 Å². The molecule has 0 aliphatic carbocycles. The topological polar surface area (TPSA) is 60.2 Å². The largest absolute Gasteiger partial charge is 0.423 e. The van der Waals surface area contributed by atoms with Crippen LogP contribution in [0.15, 0.2) is 62.9 Å². The van der Waals surface area contributed by atoms with Crippen molar-refractivity contribution in [2.45, 2.75) is 16.8 Å². The molecule has 0 saturated carbocycles. The summed E-state index contributed by atoms with van der Waals surface area (Å²) >= 11 is 11.8. The summed E-state index contributed by atoms with van der Waals surface area (Å²) in [7, 11) is -3.84. The van der Waals surface area contributed by atoms with Crippen LogP contribution in [0.5, 0.6) is 0 Å². The Balaban J connectivity index is 2.07. The minimum atomic E-state index is -3.84. The van der Waals surface area contributed by atoms with Crippen molar-refractivity contribution >= 4 is 33.0 Å². The zero-order chi connectivity index (χ0) is 16.6. The molecule has 0 aliphatic heterocycles. The average molecular weight is 368 g/mol. The number of aromatic nitrogens is 1. The van der Waals surface area contributed by atoms with E-state index in [1.54, 1.807) is 36.4 Å². The van der Waals surface area contributed by atoms with Crippen LogP contribution in [0.2, 0.25) is 10.2 Å². The van der Waals surface area contributed by atoms with Gasteiger partial charge in [0, 0.05) is 10.6 Å². The molecule has 0 aliphatic rings. The summed E-state index contributed by atoms with van der Waals surface area (Å²) < 4.78 is 30.6. The summed E-state index contributed by atoms with van der Waals surface area (Å²) in [6.45, 7) is 1.87. The molecule has 0 N–H and O–H groups in total. The zero-order valence-electron chi connectivity index (χ0n) is 12.0. The molecule has 0 amide bonds. The summed E-state index contributed by atoms with van der Waals surface area (Å²) in [5.74, 6) is 0.123. The number of nitrogens with zero attached hydrogens (tertiary/aromatic N) is 1. The molecular weight excluding hydrogens is 357 g/mol. The van der Waals surface area contributed by atoms with Crippen LogP contribution in [-0.4, -0.2) is 13.4 Å². The van der Waals surface area contributed by atoms with Crippen molar-refractivity contribution in [3.8, 4) is 11.5 Å². The molecule has 1 aromatic heterocycles. The van der Waals surface area contributed by atoms with Gasteiger partial charge in [0.05, 0.1) is 4.90 Å². The molecule has 0 bridgehead atoms. The van der Waals surface area contributed by atoms with E-state index < -0.39 is 9.84 Å². The molecule has 4 nitrogen and oxygen atoms in total. The first-order chi connectivity index (χ1) is 10.9. The second kappa shape index (κ2) is 6.00. The van der Waals surface area contributed by atoms with E-state index in [0.29, 0.717) is 10.6 Å². The normalized spacial score (nSPS) is 11.6. The molecule has 7 heteroatoms. The number of hydrogen-bond acceptors (Lipinski definition) is 4. The van der Waals surface area contributed by atoms with Crippen LogP contribution in [0.25, 0.3) is 11.5 Å². The maximum Gasteiger partial charge on any atom is 0.233 e. The summed E-state index contributed by atoms with van der Waals surface area (Å²) in [5.41, 5.74) is 1.54. The van der Waals surface area contributed by atoms with Gasteiger partial charge in [-0.1, -0.05) is 29.3 Å². The number of rotatable bonds is 3. The van der Waals surface area contributed by atoms with Crippen LogP contribution in [0.1, 0.15) is 5.56 Å². The Morgan fingerprint density at radius 2 is 1.57 bits per heavy atom. The molecule has 0 radical (unpaired) electrons. The molecule has 0 spiro atoms. The van der Waals surface area contributed by atoms with Gasteiger partial charge >= 0.3 is 0 Å². The monoisotopic (exact) mass is 367 g/mol. The van der Waals surface area contributed by atoms with E-state index >= 15 is 0 Å². The van der Waals surface area contributed by atoms with Crippen LogP contribution in [0.4, 0.5) is 0 Å². The lowest BCUT2D eigenvalue weighted by Crippen LogP contribution is -2.03. The predicted molar refractivity (Wildman–Crippen MR) is 88.6 cm³/mol. The molecule has 2 aromatic carbocycles. The van der Waals surface area contributed by atoms with Crippen molar-refractivity contribution in [3.05, 3.63) is 64.3 Å².